The van der Waals surface area contributed by atoms with E-state index in [1.807, 2.05) is 6.07 Å². The molecule has 1 aliphatic rings. The molecular formula is C22H28N2O2. The van der Waals surface area contributed by atoms with Gasteiger partial charge in [0.25, 0.3) is 0 Å². The van der Waals surface area contributed by atoms with Crippen molar-refractivity contribution >= 4 is 6.08 Å². The summed E-state index contributed by atoms with van der Waals surface area (Å²) in [4.78, 5) is 5.00. The van der Waals surface area contributed by atoms with Crippen molar-refractivity contribution in [2.24, 2.45) is 0 Å². The molecule has 2 aromatic carbocycles. The van der Waals surface area contributed by atoms with Crippen molar-refractivity contribution in [1.82, 2.24) is 9.80 Å². The summed E-state index contributed by atoms with van der Waals surface area (Å²) in [6, 6.07) is 16.7. The van der Waals surface area contributed by atoms with Gasteiger partial charge in [0.15, 0.2) is 11.5 Å². The number of nitrogens with zero attached hydrogens (tertiary/aromatic N) is 2. The molecule has 1 saturated heterocycles. The number of hydrogen-bond donors (Lipinski definition) is 0. The van der Waals surface area contributed by atoms with Gasteiger partial charge in [-0.1, -0.05) is 48.6 Å². The molecule has 3 rings (SSSR count). The van der Waals surface area contributed by atoms with Crippen LogP contribution in [0.4, 0.5) is 0 Å². The molecule has 138 valence electrons. The Hall–Kier alpha value is -2.30. The summed E-state index contributed by atoms with van der Waals surface area (Å²) >= 11 is 0. The predicted octanol–water partition coefficient (Wildman–Crippen LogP) is 3.53. The summed E-state index contributed by atoms with van der Waals surface area (Å²) in [7, 11) is 3.35. The Balaban J connectivity index is 1.46. The van der Waals surface area contributed by atoms with Crippen molar-refractivity contribution in [3.8, 4) is 11.5 Å². The van der Waals surface area contributed by atoms with Gasteiger partial charge in [0.1, 0.15) is 0 Å². The van der Waals surface area contributed by atoms with Gasteiger partial charge < -0.3 is 9.47 Å². The Morgan fingerprint density at radius 3 is 2.23 bits per heavy atom. The third-order valence-corrected chi connectivity index (χ3v) is 4.79. The number of hydrogen-bond acceptors (Lipinski definition) is 4. The molecule has 0 unspecified atom stereocenters. The molecule has 4 heteroatoms. The minimum absolute atomic E-state index is 0.784. The van der Waals surface area contributed by atoms with E-state index in [4.69, 9.17) is 9.47 Å². The average molecular weight is 352 g/mol. The maximum atomic E-state index is 5.40. The van der Waals surface area contributed by atoms with Crippen LogP contribution in [0.1, 0.15) is 11.1 Å². The van der Waals surface area contributed by atoms with Crippen LogP contribution in [0.5, 0.6) is 11.5 Å². The van der Waals surface area contributed by atoms with Gasteiger partial charge in [-0.3, -0.25) is 9.80 Å². The first-order chi connectivity index (χ1) is 12.8. The molecule has 1 fully saturated rings. The quantitative estimate of drug-likeness (QED) is 0.761. The standard InChI is InChI=1S/C22H28N2O2/c1-25-21-11-10-20(17-22(21)26-2)18-24-15-13-23(14-16-24)12-6-9-19-7-4-3-5-8-19/h3-11,17H,12-16,18H2,1-2H3. The normalized spacial score (nSPS) is 16.1. The first-order valence-electron chi connectivity index (χ1n) is 9.15. The molecule has 1 aliphatic heterocycles. The van der Waals surface area contributed by atoms with Gasteiger partial charge in [0.2, 0.25) is 0 Å². The first-order valence-corrected chi connectivity index (χ1v) is 9.15. The van der Waals surface area contributed by atoms with Gasteiger partial charge in [-0.05, 0) is 23.3 Å². The van der Waals surface area contributed by atoms with Gasteiger partial charge in [0.05, 0.1) is 14.2 Å². The van der Waals surface area contributed by atoms with Crippen molar-refractivity contribution in [3.63, 3.8) is 0 Å². The van der Waals surface area contributed by atoms with Crippen LogP contribution >= 0.6 is 0 Å². The Labute approximate surface area is 156 Å². The van der Waals surface area contributed by atoms with Gasteiger partial charge in [0, 0.05) is 39.3 Å². The second-order valence-corrected chi connectivity index (χ2v) is 6.58. The number of rotatable bonds is 7. The fraction of sp³-hybridized carbons (Fsp3) is 0.364. The molecule has 0 spiro atoms. The molecule has 0 atom stereocenters. The monoisotopic (exact) mass is 352 g/mol. The van der Waals surface area contributed by atoms with Gasteiger partial charge in [-0.2, -0.15) is 0 Å². The third-order valence-electron chi connectivity index (χ3n) is 4.79. The zero-order chi connectivity index (χ0) is 18.2. The summed E-state index contributed by atoms with van der Waals surface area (Å²) in [6.45, 7) is 6.35. The number of methoxy groups -OCH3 is 2. The highest BCUT2D eigenvalue weighted by molar-refractivity contribution is 5.48. The number of benzene rings is 2. The summed E-state index contributed by atoms with van der Waals surface area (Å²) in [5, 5.41) is 0. The van der Waals surface area contributed by atoms with Crippen molar-refractivity contribution in [2.45, 2.75) is 6.54 Å². The molecule has 4 nitrogen and oxygen atoms in total. The van der Waals surface area contributed by atoms with Crippen LogP contribution in [-0.4, -0.2) is 56.7 Å². The van der Waals surface area contributed by atoms with Crippen LogP contribution in [0.15, 0.2) is 54.6 Å². The predicted molar refractivity (Wildman–Crippen MR) is 107 cm³/mol. The molecule has 0 saturated carbocycles. The fourth-order valence-electron chi connectivity index (χ4n) is 3.27. The van der Waals surface area contributed by atoms with E-state index in [1.54, 1.807) is 14.2 Å². The van der Waals surface area contributed by atoms with E-state index in [-0.39, 0.29) is 0 Å². The largest absolute Gasteiger partial charge is 0.493 e. The van der Waals surface area contributed by atoms with E-state index in [9.17, 15) is 0 Å². The van der Waals surface area contributed by atoms with E-state index in [2.05, 4.69) is 64.4 Å². The van der Waals surface area contributed by atoms with Crippen LogP contribution in [0.25, 0.3) is 6.08 Å². The highest BCUT2D eigenvalue weighted by Gasteiger charge is 2.16. The van der Waals surface area contributed by atoms with Crippen LogP contribution in [0.3, 0.4) is 0 Å². The Morgan fingerprint density at radius 1 is 0.846 bits per heavy atom. The first kappa shape index (κ1) is 18.5. The molecule has 26 heavy (non-hydrogen) atoms. The summed E-state index contributed by atoms with van der Waals surface area (Å²) in [6.07, 6.45) is 4.47. The molecule has 0 amide bonds. The van der Waals surface area contributed by atoms with E-state index in [0.717, 1.165) is 50.8 Å². The van der Waals surface area contributed by atoms with Crippen LogP contribution in [0.2, 0.25) is 0 Å². The Bertz CT molecular complexity index is 707. The Kier molecular flexibility index (Phi) is 6.69. The summed E-state index contributed by atoms with van der Waals surface area (Å²) in [5.74, 6) is 1.58. The SMILES string of the molecule is COc1ccc(CN2CCN(CC=Cc3ccccc3)CC2)cc1OC. The van der Waals surface area contributed by atoms with Crippen LogP contribution in [0, 0.1) is 0 Å². The van der Waals surface area contributed by atoms with Gasteiger partial charge in [-0.15, -0.1) is 0 Å². The summed E-state index contributed by atoms with van der Waals surface area (Å²) in [5.41, 5.74) is 2.53. The average Bonchev–Trinajstić information content (AvgIpc) is 2.70. The second-order valence-electron chi connectivity index (χ2n) is 6.58. The van der Waals surface area contributed by atoms with E-state index < -0.39 is 0 Å². The minimum atomic E-state index is 0.784. The maximum absolute atomic E-state index is 5.40. The lowest BCUT2D eigenvalue weighted by Gasteiger charge is -2.34. The third kappa shape index (κ3) is 5.10. The highest BCUT2D eigenvalue weighted by Crippen LogP contribution is 2.28. The van der Waals surface area contributed by atoms with E-state index >= 15 is 0 Å². The number of piperazine rings is 1. The zero-order valence-electron chi connectivity index (χ0n) is 15.7. The van der Waals surface area contributed by atoms with Gasteiger partial charge in [-0.25, -0.2) is 0 Å². The molecule has 2 aromatic rings. The van der Waals surface area contributed by atoms with Crippen LogP contribution < -0.4 is 9.47 Å². The molecule has 0 N–H and O–H groups in total. The number of ether oxygens (including phenoxy) is 2. The maximum Gasteiger partial charge on any atom is 0.161 e. The second kappa shape index (κ2) is 9.41. The molecular weight excluding hydrogens is 324 g/mol. The summed E-state index contributed by atoms with van der Waals surface area (Å²) < 4.78 is 10.7. The lowest BCUT2D eigenvalue weighted by atomic mass is 10.1. The smallest absolute Gasteiger partial charge is 0.161 e. The molecule has 0 bridgehead atoms. The molecule has 0 radical (unpaired) electrons. The molecule has 1 heterocycles. The van der Waals surface area contributed by atoms with Crippen molar-refractivity contribution in [2.75, 3.05) is 46.9 Å². The van der Waals surface area contributed by atoms with Crippen molar-refractivity contribution < 1.29 is 9.47 Å². The topological polar surface area (TPSA) is 24.9 Å². The van der Waals surface area contributed by atoms with Gasteiger partial charge >= 0.3 is 0 Å². The highest BCUT2D eigenvalue weighted by atomic mass is 16.5. The van der Waals surface area contributed by atoms with E-state index in [0.29, 0.717) is 0 Å². The molecule has 0 aromatic heterocycles. The lowest BCUT2D eigenvalue weighted by molar-refractivity contribution is 0.137. The minimum Gasteiger partial charge on any atom is -0.493 e. The Morgan fingerprint density at radius 2 is 1.54 bits per heavy atom. The lowest BCUT2D eigenvalue weighted by Crippen LogP contribution is -2.45. The molecule has 0 aliphatic carbocycles. The van der Waals surface area contributed by atoms with Crippen molar-refractivity contribution in [1.29, 1.82) is 0 Å². The fourth-order valence-corrected chi connectivity index (χ4v) is 3.27. The zero-order valence-corrected chi connectivity index (χ0v) is 15.7. The van der Waals surface area contributed by atoms with Crippen LogP contribution in [-0.2, 0) is 6.54 Å². The van der Waals surface area contributed by atoms with Crippen molar-refractivity contribution in [3.05, 3.63) is 65.7 Å². The van der Waals surface area contributed by atoms with E-state index in [1.165, 1.54) is 11.1 Å².